The van der Waals surface area contributed by atoms with E-state index < -0.39 is 0 Å². The molecule has 1 aliphatic heterocycles. The molecule has 4 nitrogen and oxygen atoms in total. The summed E-state index contributed by atoms with van der Waals surface area (Å²) in [5.41, 5.74) is 1.07. The third-order valence-electron chi connectivity index (χ3n) is 5.28. The minimum Gasteiger partial charge on any atom is -0.360 e. The number of anilines is 1. The first-order chi connectivity index (χ1) is 13.0. The maximum Gasteiger partial charge on any atom is 0.222 e. The average Bonchev–Trinajstić information content (AvgIpc) is 3.17. The van der Waals surface area contributed by atoms with Gasteiger partial charge in [-0.3, -0.25) is 4.79 Å². The van der Waals surface area contributed by atoms with Gasteiger partial charge in [0.1, 0.15) is 11.9 Å². The standard InChI is InChI=1S/C21H28FN3OS/c1-15(2)21(26)23-16(3)20(19-5-4-14-27-19)25-12-10-24(11-13-25)18-8-6-17(22)7-9-18/h4-9,14-16,20H,10-13H2,1-3H3,(H,23,26)/p+1/t16-,20-/m0/s1. The Balaban J connectivity index is 1.69. The predicted octanol–water partition coefficient (Wildman–Crippen LogP) is 2.49. The number of carbonyl (C=O) groups excluding carboxylic acids is 1. The van der Waals surface area contributed by atoms with E-state index in [2.05, 4.69) is 34.7 Å². The SMILES string of the molecule is CC(C)C(=O)N[C@@H](C)[C@@H](c1cccs1)[NH+]1CCN(c2ccc(F)cc2)CC1. The normalized spacial score (nSPS) is 17.7. The number of nitrogens with zero attached hydrogens (tertiary/aromatic N) is 1. The number of carbonyl (C=O) groups is 1. The lowest BCUT2D eigenvalue weighted by molar-refractivity contribution is -0.933. The highest BCUT2D eigenvalue weighted by Crippen LogP contribution is 2.21. The summed E-state index contributed by atoms with van der Waals surface area (Å²) in [7, 11) is 0. The van der Waals surface area contributed by atoms with Crippen LogP contribution in [-0.4, -0.2) is 38.1 Å². The molecule has 0 saturated carbocycles. The highest BCUT2D eigenvalue weighted by Gasteiger charge is 2.34. The van der Waals surface area contributed by atoms with Crippen LogP contribution in [0.1, 0.15) is 31.7 Å². The first-order valence-corrected chi connectivity index (χ1v) is 10.5. The monoisotopic (exact) mass is 390 g/mol. The second-order valence-electron chi connectivity index (χ2n) is 7.57. The zero-order valence-electron chi connectivity index (χ0n) is 16.2. The molecule has 1 aromatic heterocycles. The van der Waals surface area contributed by atoms with Crippen LogP contribution in [0.2, 0.25) is 0 Å². The summed E-state index contributed by atoms with van der Waals surface area (Å²) in [6.07, 6.45) is 0. The van der Waals surface area contributed by atoms with Gasteiger partial charge in [0.25, 0.3) is 0 Å². The van der Waals surface area contributed by atoms with E-state index in [-0.39, 0.29) is 29.7 Å². The average molecular weight is 391 g/mol. The fourth-order valence-electron chi connectivity index (χ4n) is 3.76. The van der Waals surface area contributed by atoms with Gasteiger partial charge in [-0.2, -0.15) is 0 Å². The summed E-state index contributed by atoms with van der Waals surface area (Å²) in [4.78, 5) is 17.3. The number of hydrogen-bond acceptors (Lipinski definition) is 3. The molecule has 0 unspecified atom stereocenters. The Morgan fingerprint density at radius 2 is 1.81 bits per heavy atom. The van der Waals surface area contributed by atoms with Crippen molar-refractivity contribution in [1.82, 2.24) is 5.32 Å². The molecule has 3 rings (SSSR count). The topological polar surface area (TPSA) is 36.8 Å². The number of rotatable bonds is 6. The number of benzene rings is 1. The van der Waals surface area contributed by atoms with E-state index in [1.54, 1.807) is 11.3 Å². The van der Waals surface area contributed by atoms with Gasteiger partial charge in [0.05, 0.1) is 37.1 Å². The van der Waals surface area contributed by atoms with Crippen molar-refractivity contribution < 1.29 is 14.1 Å². The van der Waals surface area contributed by atoms with E-state index >= 15 is 0 Å². The number of quaternary nitrogens is 1. The number of amides is 1. The number of nitrogens with one attached hydrogen (secondary N) is 2. The Kier molecular flexibility index (Phi) is 6.50. The lowest BCUT2D eigenvalue weighted by Crippen LogP contribution is -3.16. The van der Waals surface area contributed by atoms with Crippen LogP contribution in [0, 0.1) is 11.7 Å². The van der Waals surface area contributed by atoms with E-state index in [9.17, 15) is 9.18 Å². The molecule has 1 aromatic carbocycles. The van der Waals surface area contributed by atoms with Crippen LogP contribution in [0.4, 0.5) is 10.1 Å². The van der Waals surface area contributed by atoms with E-state index in [0.29, 0.717) is 0 Å². The number of thiophene rings is 1. The highest BCUT2D eigenvalue weighted by atomic mass is 32.1. The third-order valence-corrected chi connectivity index (χ3v) is 6.24. The zero-order chi connectivity index (χ0) is 19.4. The van der Waals surface area contributed by atoms with Crippen molar-refractivity contribution in [2.24, 2.45) is 5.92 Å². The van der Waals surface area contributed by atoms with Crippen molar-refractivity contribution >= 4 is 22.9 Å². The van der Waals surface area contributed by atoms with Crippen LogP contribution in [0.3, 0.4) is 0 Å². The fourth-order valence-corrected chi connectivity index (χ4v) is 4.75. The smallest absolute Gasteiger partial charge is 0.222 e. The molecule has 2 N–H and O–H groups in total. The summed E-state index contributed by atoms with van der Waals surface area (Å²) >= 11 is 1.76. The molecule has 1 aliphatic rings. The van der Waals surface area contributed by atoms with Crippen molar-refractivity contribution in [2.45, 2.75) is 32.9 Å². The van der Waals surface area contributed by atoms with E-state index in [1.807, 2.05) is 26.0 Å². The molecule has 2 heterocycles. The first-order valence-electron chi connectivity index (χ1n) is 9.64. The maximum atomic E-state index is 13.2. The number of halogens is 1. The Morgan fingerprint density at radius 1 is 1.15 bits per heavy atom. The van der Waals surface area contributed by atoms with Gasteiger partial charge in [0.2, 0.25) is 5.91 Å². The largest absolute Gasteiger partial charge is 0.360 e. The predicted molar refractivity (Wildman–Crippen MR) is 109 cm³/mol. The quantitative estimate of drug-likeness (QED) is 0.795. The maximum absolute atomic E-state index is 13.2. The molecule has 1 fully saturated rings. The zero-order valence-corrected chi connectivity index (χ0v) is 17.1. The molecule has 0 spiro atoms. The van der Waals surface area contributed by atoms with Gasteiger partial charge >= 0.3 is 0 Å². The van der Waals surface area contributed by atoms with Crippen LogP contribution < -0.4 is 15.1 Å². The molecule has 6 heteroatoms. The van der Waals surface area contributed by atoms with Gasteiger partial charge < -0.3 is 15.1 Å². The second-order valence-corrected chi connectivity index (χ2v) is 8.55. The van der Waals surface area contributed by atoms with Crippen molar-refractivity contribution in [1.29, 1.82) is 0 Å². The summed E-state index contributed by atoms with van der Waals surface area (Å²) in [6, 6.07) is 11.3. The van der Waals surface area contributed by atoms with Crippen LogP contribution in [-0.2, 0) is 4.79 Å². The minimum atomic E-state index is -0.199. The Bertz CT molecular complexity index is 724. The van der Waals surface area contributed by atoms with Gasteiger partial charge in [-0.15, -0.1) is 11.3 Å². The molecule has 0 radical (unpaired) electrons. The van der Waals surface area contributed by atoms with Gasteiger partial charge in [-0.05, 0) is 42.6 Å². The fraction of sp³-hybridized carbons (Fsp3) is 0.476. The van der Waals surface area contributed by atoms with E-state index in [1.165, 1.54) is 21.9 Å². The van der Waals surface area contributed by atoms with E-state index in [0.717, 1.165) is 31.9 Å². The molecule has 0 bridgehead atoms. The van der Waals surface area contributed by atoms with Gasteiger partial charge in [0, 0.05) is 11.6 Å². The third kappa shape index (κ3) is 4.87. The molecule has 1 amide bonds. The molecule has 2 aromatic rings. The van der Waals surface area contributed by atoms with Gasteiger partial charge in [-0.1, -0.05) is 19.9 Å². The Morgan fingerprint density at radius 3 is 2.37 bits per heavy atom. The van der Waals surface area contributed by atoms with E-state index in [4.69, 9.17) is 0 Å². The van der Waals surface area contributed by atoms with Crippen LogP contribution in [0.15, 0.2) is 41.8 Å². The number of piperazine rings is 1. The van der Waals surface area contributed by atoms with Crippen molar-refractivity contribution in [3.8, 4) is 0 Å². The molecule has 1 saturated heterocycles. The Labute approximate surface area is 165 Å². The molecule has 27 heavy (non-hydrogen) atoms. The lowest BCUT2D eigenvalue weighted by atomic mass is 10.0. The van der Waals surface area contributed by atoms with Gasteiger partial charge in [0.15, 0.2) is 0 Å². The van der Waals surface area contributed by atoms with Crippen molar-refractivity contribution in [3.05, 3.63) is 52.5 Å². The molecule has 146 valence electrons. The number of hydrogen-bond donors (Lipinski definition) is 2. The molecule has 0 aliphatic carbocycles. The van der Waals surface area contributed by atoms with Crippen molar-refractivity contribution in [3.63, 3.8) is 0 Å². The first kappa shape index (κ1) is 19.8. The van der Waals surface area contributed by atoms with Crippen molar-refractivity contribution in [2.75, 3.05) is 31.1 Å². The highest BCUT2D eigenvalue weighted by molar-refractivity contribution is 7.10. The summed E-state index contributed by atoms with van der Waals surface area (Å²) in [6.45, 7) is 9.79. The molecular formula is C21H29FN3OS+. The Hall–Kier alpha value is -1.92. The van der Waals surface area contributed by atoms with Gasteiger partial charge in [-0.25, -0.2) is 4.39 Å². The van der Waals surface area contributed by atoms with Crippen LogP contribution >= 0.6 is 11.3 Å². The second kappa shape index (κ2) is 8.85. The molecular weight excluding hydrogens is 361 g/mol. The van der Waals surface area contributed by atoms with Crippen LogP contribution in [0.5, 0.6) is 0 Å². The minimum absolute atomic E-state index is 0.0123. The lowest BCUT2D eigenvalue weighted by Gasteiger charge is -2.39. The summed E-state index contributed by atoms with van der Waals surface area (Å²) < 4.78 is 13.2. The summed E-state index contributed by atoms with van der Waals surface area (Å²) in [5.74, 6) is -0.106. The molecule has 2 atom stereocenters. The van der Waals surface area contributed by atoms with Crippen LogP contribution in [0.25, 0.3) is 0 Å². The summed E-state index contributed by atoms with van der Waals surface area (Å²) in [5, 5.41) is 5.31.